The molecule has 0 aromatic heterocycles. The second-order valence-corrected chi connectivity index (χ2v) is 6.86. The minimum absolute atomic E-state index is 0.0622. The first-order valence-electron chi connectivity index (χ1n) is 8.07. The van der Waals surface area contributed by atoms with Gasteiger partial charge in [-0.3, -0.25) is 9.59 Å². The molecule has 0 aromatic carbocycles. The van der Waals surface area contributed by atoms with Crippen LogP contribution in [0, 0.1) is 0 Å². The Labute approximate surface area is 140 Å². The Hall–Kier alpha value is -1.79. The molecule has 0 saturated carbocycles. The third kappa shape index (κ3) is 10.5. The molecular formula is C16H33N5O2. The summed E-state index contributed by atoms with van der Waals surface area (Å²) in [6.07, 6.45) is 2.06. The summed E-state index contributed by atoms with van der Waals surface area (Å²) in [7, 11) is 5.19. The van der Waals surface area contributed by atoms with Crippen LogP contribution in [0.3, 0.4) is 0 Å². The van der Waals surface area contributed by atoms with Gasteiger partial charge in [0.05, 0.1) is 6.54 Å². The molecule has 2 amide bonds. The van der Waals surface area contributed by atoms with E-state index in [-0.39, 0.29) is 30.4 Å². The summed E-state index contributed by atoms with van der Waals surface area (Å²) < 4.78 is 0. The molecule has 0 spiro atoms. The lowest BCUT2D eigenvalue weighted by atomic mass is 10.1. The molecule has 0 bridgehead atoms. The first-order chi connectivity index (χ1) is 10.6. The van der Waals surface area contributed by atoms with E-state index in [1.54, 1.807) is 26.0 Å². The van der Waals surface area contributed by atoms with Gasteiger partial charge in [0.1, 0.15) is 6.54 Å². The number of amides is 2. The predicted octanol–water partition coefficient (Wildman–Crippen LogP) is 0.667. The maximum Gasteiger partial charge on any atom is 0.243 e. The molecule has 23 heavy (non-hydrogen) atoms. The van der Waals surface area contributed by atoms with Gasteiger partial charge >= 0.3 is 0 Å². The van der Waals surface area contributed by atoms with Gasteiger partial charge in [0.25, 0.3) is 0 Å². The largest absolute Gasteiger partial charge is 0.356 e. The van der Waals surface area contributed by atoms with E-state index in [1.165, 1.54) is 4.90 Å². The molecule has 0 unspecified atom stereocenters. The number of likely N-dealkylation sites (N-methyl/N-ethyl adjacent to an activating group) is 2. The first-order valence-corrected chi connectivity index (χ1v) is 8.07. The highest BCUT2D eigenvalue weighted by Crippen LogP contribution is 1.99. The van der Waals surface area contributed by atoms with Gasteiger partial charge in [0.2, 0.25) is 11.8 Å². The number of hydrogen-bond donors (Lipinski definition) is 2. The van der Waals surface area contributed by atoms with Crippen molar-refractivity contribution in [2.45, 2.75) is 46.1 Å². The van der Waals surface area contributed by atoms with Crippen LogP contribution in [0.4, 0.5) is 0 Å². The van der Waals surface area contributed by atoms with Gasteiger partial charge in [-0.1, -0.05) is 13.3 Å². The van der Waals surface area contributed by atoms with Crippen molar-refractivity contribution in [2.75, 3.05) is 40.8 Å². The van der Waals surface area contributed by atoms with Gasteiger partial charge in [0.15, 0.2) is 5.96 Å². The van der Waals surface area contributed by atoms with E-state index in [1.807, 2.05) is 20.8 Å². The first kappa shape index (κ1) is 21.2. The van der Waals surface area contributed by atoms with Gasteiger partial charge < -0.3 is 20.4 Å². The minimum atomic E-state index is -0.272. The third-order valence-electron chi connectivity index (χ3n) is 2.93. The van der Waals surface area contributed by atoms with Crippen LogP contribution in [0.2, 0.25) is 0 Å². The summed E-state index contributed by atoms with van der Waals surface area (Å²) in [5.41, 5.74) is -0.272. The Bertz CT molecular complexity index is 413. The predicted molar refractivity (Wildman–Crippen MR) is 94.4 cm³/mol. The summed E-state index contributed by atoms with van der Waals surface area (Å²) in [5, 5.41) is 6.12. The van der Waals surface area contributed by atoms with Gasteiger partial charge in [-0.25, -0.2) is 4.99 Å². The molecule has 0 saturated heterocycles. The van der Waals surface area contributed by atoms with Crippen LogP contribution >= 0.6 is 0 Å². The standard InChI is InChI=1S/C16H33N5O2/c1-8-9-10-17-15(18-11-14(23)20(5)6)21(7)12-13(22)19-16(2,3)4/h8-12H2,1-7H3,(H,17,18)(H,19,22). The van der Waals surface area contributed by atoms with Crippen molar-refractivity contribution in [3.8, 4) is 0 Å². The average molecular weight is 327 g/mol. The number of unbranched alkanes of at least 4 members (excludes halogenated alkanes) is 1. The zero-order valence-electron chi connectivity index (χ0n) is 15.7. The number of guanidine groups is 1. The summed E-state index contributed by atoms with van der Waals surface area (Å²) >= 11 is 0. The quantitative estimate of drug-likeness (QED) is 0.409. The maximum absolute atomic E-state index is 12.0. The van der Waals surface area contributed by atoms with Gasteiger partial charge in [-0.05, 0) is 27.2 Å². The van der Waals surface area contributed by atoms with Gasteiger partial charge in [0, 0.05) is 33.2 Å². The van der Waals surface area contributed by atoms with E-state index in [4.69, 9.17) is 0 Å². The van der Waals surface area contributed by atoms with Crippen molar-refractivity contribution < 1.29 is 9.59 Å². The highest BCUT2D eigenvalue weighted by atomic mass is 16.2. The van der Waals surface area contributed by atoms with Crippen LogP contribution in [0.25, 0.3) is 0 Å². The lowest BCUT2D eigenvalue weighted by molar-refractivity contribution is -0.127. The Kier molecular flexibility index (Phi) is 9.29. The van der Waals surface area contributed by atoms with Crippen LogP contribution in [-0.4, -0.2) is 73.9 Å². The van der Waals surface area contributed by atoms with E-state index in [0.29, 0.717) is 5.96 Å². The molecule has 0 aliphatic carbocycles. The molecule has 0 radical (unpaired) electrons. The van der Waals surface area contributed by atoms with Crippen molar-refractivity contribution in [1.82, 2.24) is 20.4 Å². The third-order valence-corrected chi connectivity index (χ3v) is 2.93. The molecule has 134 valence electrons. The van der Waals surface area contributed by atoms with Crippen LogP contribution in [-0.2, 0) is 9.59 Å². The molecule has 2 N–H and O–H groups in total. The minimum Gasteiger partial charge on any atom is -0.356 e. The molecule has 0 heterocycles. The lowest BCUT2D eigenvalue weighted by Crippen LogP contribution is -2.49. The summed E-state index contributed by atoms with van der Waals surface area (Å²) in [6.45, 7) is 8.93. The normalized spacial score (nSPS) is 11.9. The summed E-state index contributed by atoms with van der Waals surface area (Å²) in [4.78, 5) is 31.3. The Morgan fingerprint density at radius 1 is 1.13 bits per heavy atom. The van der Waals surface area contributed by atoms with Gasteiger partial charge in [-0.2, -0.15) is 0 Å². The molecule has 7 nitrogen and oxygen atoms in total. The second kappa shape index (κ2) is 10.1. The highest BCUT2D eigenvalue weighted by Gasteiger charge is 2.17. The van der Waals surface area contributed by atoms with Crippen molar-refractivity contribution in [3.05, 3.63) is 0 Å². The summed E-state index contributed by atoms with van der Waals surface area (Å²) in [6, 6.07) is 0. The molecule has 0 aromatic rings. The molecule has 0 aliphatic rings. The van der Waals surface area contributed by atoms with Crippen LogP contribution < -0.4 is 10.6 Å². The number of carbonyl (C=O) groups is 2. The smallest absolute Gasteiger partial charge is 0.243 e. The fourth-order valence-corrected chi connectivity index (χ4v) is 1.72. The number of carbonyl (C=O) groups excluding carboxylic acids is 2. The zero-order chi connectivity index (χ0) is 18.0. The van der Waals surface area contributed by atoms with E-state index < -0.39 is 0 Å². The molecule has 0 atom stereocenters. The number of rotatable bonds is 7. The van der Waals surface area contributed by atoms with Crippen molar-refractivity contribution in [2.24, 2.45) is 4.99 Å². The van der Waals surface area contributed by atoms with E-state index in [0.717, 1.165) is 19.4 Å². The van der Waals surface area contributed by atoms with E-state index in [9.17, 15) is 9.59 Å². The van der Waals surface area contributed by atoms with Crippen molar-refractivity contribution >= 4 is 17.8 Å². The molecular weight excluding hydrogens is 294 g/mol. The second-order valence-electron chi connectivity index (χ2n) is 6.86. The van der Waals surface area contributed by atoms with Gasteiger partial charge in [-0.15, -0.1) is 0 Å². The van der Waals surface area contributed by atoms with Crippen LogP contribution in [0.15, 0.2) is 4.99 Å². The number of nitrogens with one attached hydrogen (secondary N) is 2. The highest BCUT2D eigenvalue weighted by molar-refractivity contribution is 5.88. The van der Waals surface area contributed by atoms with E-state index >= 15 is 0 Å². The number of aliphatic imine (C=N–C) groups is 1. The molecule has 0 fully saturated rings. The van der Waals surface area contributed by atoms with Crippen molar-refractivity contribution in [3.63, 3.8) is 0 Å². The lowest BCUT2D eigenvalue weighted by Gasteiger charge is -2.25. The number of hydrogen-bond acceptors (Lipinski definition) is 3. The van der Waals surface area contributed by atoms with Crippen molar-refractivity contribution in [1.29, 1.82) is 0 Å². The SMILES string of the molecule is CCCCNC(=NCC(=O)N(C)C)N(C)CC(=O)NC(C)(C)C. The Morgan fingerprint density at radius 3 is 2.22 bits per heavy atom. The molecule has 7 heteroatoms. The monoisotopic (exact) mass is 327 g/mol. The molecule has 0 aliphatic heterocycles. The number of nitrogens with zero attached hydrogens (tertiary/aromatic N) is 3. The Morgan fingerprint density at radius 2 is 1.74 bits per heavy atom. The average Bonchev–Trinajstić information content (AvgIpc) is 2.39. The maximum atomic E-state index is 12.0. The van der Waals surface area contributed by atoms with E-state index in [2.05, 4.69) is 22.5 Å². The topological polar surface area (TPSA) is 77.0 Å². The fraction of sp³-hybridized carbons (Fsp3) is 0.812. The van der Waals surface area contributed by atoms with Crippen LogP contribution in [0.5, 0.6) is 0 Å². The zero-order valence-corrected chi connectivity index (χ0v) is 15.7. The molecule has 0 rings (SSSR count). The fourth-order valence-electron chi connectivity index (χ4n) is 1.72. The van der Waals surface area contributed by atoms with Crippen LogP contribution in [0.1, 0.15) is 40.5 Å². The Balaban J connectivity index is 4.79. The summed E-state index contributed by atoms with van der Waals surface area (Å²) in [5.74, 6) is 0.411.